The molecule has 1 aromatic rings. The van der Waals surface area contributed by atoms with E-state index >= 15 is 0 Å². The minimum Gasteiger partial charge on any atom is -0.374 e. The first-order valence-electron chi connectivity index (χ1n) is 7.53. The van der Waals surface area contributed by atoms with Crippen LogP contribution in [0, 0.1) is 5.41 Å². The van der Waals surface area contributed by atoms with Crippen molar-refractivity contribution in [3.8, 4) is 0 Å². The summed E-state index contributed by atoms with van der Waals surface area (Å²) in [5.41, 5.74) is 7.23. The molecule has 5 heteroatoms. The Balaban J connectivity index is 1.68. The Morgan fingerprint density at radius 2 is 2.14 bits per heavy atom. The molecule has 1 heterocycles. The molecule has 0 saturated carbocycles. The molecular formula is C16H25N3O2. The molecule has 1 aromatic carbocycles. The lowest BCUT2D eigenvalue weighted by molar-refractivity contribution is -0.0640. The second kappa shape index (κ2) is 8.12. The third-order valence-electron chi connectivity index (χ3n) is 3.61. The molecule has 2 rings (SSSR count). The van der Waals surface area contributed by atoms with Crippen molar-refractivity contribution >= 4 is 5.84 Å². The van der Waals surface area contributed by atoms with Gasteiger partial charge in [0.15, 0.2) is 6.29 Å². The number of nitrogens with one attached hydrogen (secondary N) is 2. The zero-order valence-electron chi connectivity index (χ0n) is 12.5. The predicted octanol–water partition coefficient (Wildman–Crippen LogP) is 2.18. The SMILES string of the molecule is CC(=N)NCCCC[C@H](N)C1COC(c2ccccc2)O1. The molecule has 2 unspecified atom stereocenters. The summed E-state index contributed by atoms with van der Waals surface area (Å²) >= 11 is 0. The highest BCUT2D eigenvalue weighted by atomic mass is 16.7. The third-order valence-corrected chi connectivity index (χ3v) is 3.61. The first-order chi connectivity index (χ1) is 10.2. The largest absolute Gasteiger partial charge is 0.374 e. The van der Waals surface area contributed by atoms with Gasteiger partial charge >= 0.3 is 0 Å². The van der Waals surface area contributed by atoms with Gasteiger partial charge in [-0.2, -0.15) is 0 Å². The van der Waals surface area contributed by atoms with E-state index in [4.69, 9.17) is 20.6 Å². The number of hydrogen-bond donors (Lipinski definition) is 3. The Morgan fingerprint density at radius 1 is 1.38 bits per heavy atom. The van der Waals surface area contributed by atoms with E-state index in [1.165, 1.54) is 0 Å². The zero-order valence-corrected chi connectivity index (χ0v) is 12.5. The molecule has 1 saturated heterocycles. The molecule has 0 spiro atoms. The Kier molecular flexibility index (Phi) is 6.17. The van der Waals surface area contributed by atoms with Crippen molar-refractivity contribution in [3.63, 3.8) is 0 Å². The maximum atomic E-state index is 7.28. The van der Waals surface area contributed by atoms with Gasteiger partial charge in [0.1, 0.15) is 0 Å². The summed E-state index contributed by atoms with van der Waals surface area (Å²) in [7, 11) is 0. The molecule has 0 bridgehead atoms. The minimum absolute atomic E-state index is 0.000194. The number of nitrogens with two attached hydrogens (primary N) is 1. The Bertz CT molecular complexity index is 438. The molecular weight excluding hydrogens is 266 g/mol. The van der Waals surface area contributed by atoms with Crippen LogP contribution in [-0.4, -0.2) is 31.1 Å². The fourth-order valence-corrected chi connectivity index (χ4v) is 2.40. The van der Waals surface area contributed by atoms with E-state index in [0.29, 0.717) is 12.4 Å². The van der Waals surface area contributed by atoms with Crippen LogP contribution in [0.25, 0.3) is 0 Å². The summed E-state index contributed by atoms with van der Waals surface area (Å²) in [4.78, 5) is 0. The van der Waals surface area contributed by atoms with Gasteiger partial charge in [0.25, 0.3) is 0 Å². The molecule has 0 aromatic heterocycles. The predicted molar refractivity (Wildman–Crippen MR) is 83.2 cm³/mol. The molecule has 0 amide bonds. The van der Waals surface area contributed by atoms with Crippen LogP contribution in [0.2, 0.25) is 0 Å². The second-order valence-electron chi connectivity index (χ2n) is 5.46. The number of ether oxygens (including phenoxy) is 2. The molecule has 3 atom stereocenters. The summed E-state index contributed by atoms with van der Waals surface area (Å²) in [6.45, 7) is 3.13. The number of amidine groups is 1. The van der Waals surface area contributed by atoms with E-state index in [1.807, 2.05) is 30.3 Å². The van der Waals surface area contributed by atoms with Crippen molar-refractivity contribution in [3.05, 3.63) is 35.9 Å². The fourth-order valence-electron chi connectivity index (χ4n) is 2.40. The van der Waals surface area contributed by atoms with Crippen molar-refractivity contribution in [2.24, 2.45) is 5.73 Å². The maximum Gasteiger partial charge on any atom is 0.184 e. The quantitative estimate of drug-likeness (QED) is 0.409. The molecule has 21 heavy (non-hydrogen) atoms. The number of rotatable bonds is 7. The fraction of sp³-hybridized carbons (Fsp3) is 0.562. The van der Waals surface area contributed by atoms with Crippen molar-refractivity contribution in [2.75, 3.05) is 13.2 Å². The number of benzene rings is 1. The van der Waals surface area contributed by atoms with Gasteiger partial charge in [-0.05, 0) is 19.8 Å². The lowest BCUT2D eigenvalue weighted by Crippen LogP contribution is -2.36. The normalized spacial score (nSPS) is 23.0. The smallest absolute Gasteiger partial charge is 0.184 e. The number of unbranched alkanes of at least 4 members (excludes halogenated alkanes) is 1. The lowest BCUT2D eigenvalue weighted by atomic mass is 10.1. The molecule has 1 aliphatic heterocycles. The van der Waals surface area contributed by atoms with Crippen LogP contribution < -0.4 is 11.1 Å². The van der Waals surface area contributed by atoms with Gasteiger partial charge in [-0.1, -0.05) is 36.8 Å². The first kappa shape index (κ1) is 15.9. The van der Waals surface area contributed by atoms with E-state index in [1.54, 1.807) is 6.92 Å². The molecule has 0 aliphatic carbocycles. The van der Waals surface area contributed by atoms with Gasteiger partial charge in [-0.3, -0.25) is 5.41 Å². The lowest BCUT2D eigenvalue weighted by Gasteiger charge is -2.18. The Morgan fingerprint density at radius 3 is 2.86 bits per heavy atom. The van der Waals surface area contributed by atoms with Crippen LogP contribution in [0.5, 0.6) is 0 Å². The molecule has 0 radical (unpaired) electrons. The van der Waals surface area contributed by atoms with Gasteiger partial charge in [0, 0.05) is 18.2 Å². The summed E-state index contributed by atoms with van der Waals surface area (Å²) in [5, 5.41) is 10.3. The van der Waals surface area contributed by atoms with E-state index in [0.717, 1.165) is 31.4 Å². The highest BCUT2D eigenvalue weighted by Gasteiger charge is 2.31. The van der Waals surface area contributed by atoms with Crippen molar-refractivity contribution in [2.45, 2.75) is 44.6 Å². The van der Waals surface area contributed by atoms with Crippen LogP contribution in [0.4, 0.5) is 0 Å². The maximum absolute atomic E-state index is 7.28. The summed E-state index contributed by atoms with van der Waals surface area (Å²) in [5.74, 6) is 0.512. The molecule has 1 aliphatic rings. The zero-order chi connectivity index (χ0) is 15.1. The minimum atomic E-state index is -0.288. The van der Waals surface area contributed by atoms with Gasteiger partial charge in [0.05, 0.1) is 18.5 Å². The van der Waals surface area contributed by atoms with Crippen molar-refractivity contribution in [1.82, 2.24) is 5.32 Å². The van der Waals surface area contributed by atoms with Gasteiger partial charge in [-0.25, -0.2) is 0 Å². The second-order valence-corrected chi connectivity index (χ2v) is 5.46. The van der Waals surface area contributed by atoms with E-state index < -0.39 is 0 Å². The highest BCUT2D eigenvalue weighted by Crippen LogP contribution is 2.28. The van der Waals surface area contributed by atoms with Gasteiger partial charge < -0.3 is 20.5 Å². The molecule has 1 fully saturated rings. The monoisotopic (exact) mass is 291 g/mol. The summed E-state index contributed by atoms with van der Waals surface area (Å²) in [6, 6.07) is 9.95. The Hall–Kier alpha value is -1.43. The van der Waals surface area contributed by atoms with Crippen LogP contribution in [0.15, 0.2) is 30.3 Å². The molecule has 4 N–H and O–H groups in total. The van der Waals surface area contributed by atoms with Gasteiger partial charge in [-0.15, -0.1) is 0 Å². The highest BCUT2D eigenvalue weighted by molar-refractivity contribution is 5.75. The van der Waals surface area contributed by atoms with Crippen LogP contribution in [0.1, 0.15) is 38.0 Å². The standard InChI is InChI=1S/C16H25N3O2/c1-12(17)19-10-6-5-9-14(18)15-11-20-16(21-15)13-7-3-2-4-8-13/h2-4,7-8,14-16H,5-6,9-11,18H2,1H3,(H2,17,19)/t14-,15?,16?/m0/s1. The first-order valence-corrected chi connectivity index (χ1v) is 7.53. The van der Waals surface area contributed by atoms with Crippen molar-refractivity contribution in [1.29, 1.82) is 5.41 Å². The van der Waals surface area contributed by atoms with Crippen LogP contribution >= 0.6 is 0 Å². The summed E-state index contributed by atoms with van der Waals surface area (Å²) < 4.78 is 11.6. The summed E-state index contributed by atoms with van der Waals surface area (Å²) in [6.07, 6.45) is 2.63. The topological polar surface area (TPSA) is 80.4 Å². The average molecular weight is 291 g/mol. The van der Waals surface area contributed by atoms with Crippen molar-refractivity contribution < 1.29 is 9.47 Å². The molecule has 5 nitrogen and oxygen atoms in total. The average Bonchev–Trinajstić information content (AvgIpc) is 2.97. The van der Waals surface area contributed by atoms with Gasteiger partial charge in [0.2, 0.25) is 0 Å². The number of hydrogen-bond acceptors (Lipinski definition) is 4. The molecule has 116 valence electrons. The van der Waals surface area contributed by atoms with E-state index in [-0.39, 0.29) is 18.4 Å². The van der Waals surface area contributed by atoms with E-state index in [2.05, 4.69) is 5.32 Å². The van der Waals surface area contributed by atoms with Crippen LogP contribution in [0.3, 0.4) is 0 Å². The van der Waals surface area contributed by atoms with Crippen LogP contribution in [-0.2, 0) is 9.47 Å². The third kappa shape index (κ3) is 5.12. The van der Waals surface area contributed by atoms with E-state index in [9.17, 15) is 0 Å². The Labute approximate surface area is 126 Å².